The lowest BCUT2D eigenvalue weighted by Gasteiger charge is -2.43. The van der Waals surface area contributed by atoms with Crippen LogP contribution >= 0.6 is 0 Å². The highest BCUT2D eigenvalue weighted by atomic mass is 16.5. The van der Waals surface area contributed by atoms with Crippen LogP contribution in [-0.4, -0.2) is 69.4 Å². The first-order valence-corrected chi connectivity index (χ1v) is 10.6. The van der Waals surface area contributed by atoms with Crippen LogP contribution in [0.3, 0.4) is 0 Å². The minimum atomic E-state index is -0.191. The predicted octanol–water partition coefficient (Wildman–Crippen LogP) is 2.60. The summed E-state index contributed by atoms with van der Waals surface area (Å²) in [5.74, 6) is 0.640. The summed E-state index contributed by atoms with van der Waals surface area (Å²) in [5.41, 5.74) is 1.41. The SMILES string of the molecule is CC(C)c1ocnc1C(=O)N1CCO[C@@H](CN2CCCCC2)[C@@H]1c1cnn(C)c1. The van der Waals surface area contributed by atoms with Crippen LogP contribution in [0, 0.1) is 0 Å². The van der Waals surface area contributed by atoms with E-state index in [2.05, 4.69) is 15.0 Å². The zero-order chi connectivity index (χ0) is 20.4. The second-order valence-corrected chi connectivity index (χ2v) is 8.38. The van der Waals surface area contributed by atoms with Crippen LogP contribution in [0.1, 0.15) is 66.9 Å². The van der Waals surface area contributed by atoms with E-state index >= 15 is 0 Å². The number of hydrogen-bond acceptors (Lipinski definition) is 6. The number of piperidine rings is 1. The number of rotatable bonds is 5. The topological polar surface area (TPSA) is 76.6 Å². The van der Waals surface area contributed by atoms with Crippen molar-refractivity contribution >= 4 is 5.91 Å². The summed E-state index contributed by atoms with van der Waals surface area (Å²) in [6.07, 6.45) is 8.84. The molecule has 2 aliphatic heterocycles. The summed E-state index contributed by atoms with van der Waals surface area (Å²) in [6, 6.07) is -0.191. The van der Waals surface area contributed by atoms with Crippen LogP contribution in [0.15, 0.2) is 23.2 Å². The van der Waals surface area contributed by atoms with Crippen molar-refractivity contribution in [1.29, 1.82) is 0 Å². The Hall–Kier alpha value is -2.19. The molecule has 0 aliphatic carbocycles. The van der Waals surface area contributed by atoms with Crippen molar-refractivity contribution in [1.82, 2.24) is 24.6 Å². The minimum absolute atomic E-state index is 0.0931. The Labute approximate surface area is 171 Å². The number of carbonyl (C=O) groups is 1. The molecule has 0 radical (unpaired) electrons. The van der Waals surface area contributed by atoms with E-state index in [-0.39, 0.29) is 24.0 Å². The van der Waals surface area contributed by atoms with Gasteiger partial charge in [0.15, 0.2) is 12.1 Å². The van der Waals surface area contributed by atoms with Gasteiger partial charge in [-0.25, -0.2) is 4.98 Å². The molecule has 2 fully saturated rings. The van der Waals surface area contributed by atoms with Crippen molar-refractivity contribution in [3.63, 3.8) is 0 Å². The maximum atomic E-state index is 13.5. The van der Waals surface area contributed by atoms with Crippen LogP contribution in [0.5, 0.6) is 0 Å². The molecule has 2 aromatic rings. The van der Waals surface area contributed by atoms with E-state index in [1.165, 1.54) is 25.7 Å². The van der Waals surface area contributed by atoms with Crippen molar-refractivity contribution in [2.75, 3.05) is 32.8 Å². The van der Waals surface area contributed by atoms with Gasteiger partial charge in [0.25, 0.3) is 5.91 Å². The lowest BCUT2D eigenvalue weighted by atomic mass is 9.98. The summed E-state index contributed by atoms with van der Waals surface area (Å²) in [6.45, 7) is 8.07. The van der Waals surface area contributed by atoms with Crippen LogP contribution in [0.2, 0.25) is 0 Å². The first-order chi connectivity index (χ1) is 14.0. The second-order valence-electron chi connectivity index (χ2n) is 8.38. The van der Waals surface area contributed by atoms with Gasteiger partial charge in [-0.3, -0.25) is 9.48 Å². The highest BCUT2D eigenvalue weighted by Gasteiger charge is 2.40. The minimum Gasteiger partial charge on any atom is -0.447 e. The van der Waals surface area contributed by atoms with Crippen molar-refractivity contribution < 1.29 is 13.9 Å². The zero-order valence-electron chi connectivity index (χ0n) is 17.6. The Balaban J connectivity index is 1.63. The highest BCUT2D eigenvalue weighted by molar-refractivity contribution is 5.93. The molecule has 4 rings (SSSR count). The number of oxazole rings is 1. The predicted molar refractivity (Wildman–Crippen MR) is 108 cm³/mol. The molecule has 0 unspecified atom stereocenters. The van der Waals surface area contributed by atoms with Gasteiger partial charge < -0.3 is 19.0 Å². The average molecular weight is 402 g/mol. The van der Waals surface area contributed by atoms with Gasteiger partial charge in [-0.05, 0) is 25.9 Å². The van der Waals surface area contributed by atoms with E-state index in [9.17, 15) is 4.79 Å². The van der Waals surface area contributed by atoms with Crippen molar-refractivity contribution in [2.45, 2.75) is 51.2 Å². The number of ether oxygens (including phenoxy) is 1. The largest absolute Gasteiger partial charge is 0.447 e. The summed E-state index contributed by atoms with van der Waals surface area (Å²) in [7, 11) is 1.90. The Morgan fingerprint density at radius 1 is 1.24 bits per heavy atom. The molecule has 2 aliphatic rings. The molecule has 1 amide bonds. The summed E-state index contributed by atoms with van der Waals surface area (Å²) in [4.78, 5) is 22.1. The van der Waals surface area contributed by atoms with Crippen molar-refractivity contribution in [2.24, 2.45) is 7.05 Å². The van der Waals surface area contributed by atoms with E-state index < -0.39 is 0 Å². The third kappa shape index (κ3) is 4.23. The van der Waals surface area contributed by atoms with Gasteiger partial charge in [-0.1, -0.05) is 20.3 Å². The molecule has 8 heteroatoms. The maximum absolute atomic E-state index is 13.5. The van der Waals surface area contributed by atoms with Gasteiger partial charge in [0.2, 0.25) is 0 Å². The van der Waals surface area contributed by atoms with Crippen molar-refractivity contribution in [3.05, 3.63) is 35.8 Å². The lowest BCUT2D eigenvalue weighted by Crippen LogP contribution is -2.52. The number of aryl methyl sites for hydroxylation is 1. The molecule has 0 bridgehead atoms. The average Bonchev–Trinajstić information content (AvgIpc) is 3.37. The third-order valence-corrected chi connectivity index (χ3v) is 5.89. The number of likely N-dealkylation sites (tertiary alicyclic amines) is 1. The second kappa shape index (κ2) is 8.67. The molecular formula is C21H31N5O3. The molecular weight excluding hydrogens is 370 g/mol. The summed E-state index contributed by atoms with van der Waals surface area (Å²) >= 11 is 0. The van der Waals surface area contributed by atoms with Gasteiger partial charge in [-0.2, -0.15) is 5.10 Å². The quantitative estimate of drug-likeness (QED) is 0.767. The fourth-order valence-electron chi connectivity index (χ4n) is 4.46. The van der Waals surface area contributed by atoms with E-state index in [1.807, 2.05) is 38.2 Å². The highest BCUT2D eigenvalue weighted by Crippen LogP contribution is 2.33. The standard InChI is InChI=1S/C21H31N5O3/c1-15(2)20-18(22-14-29-20)21(27)26-9-10-28-17(13-25-7-5-4-6-8-25)19(26)16-11-23-24(3)12-16/h11-12,14-15,17,19H,4-10,13H2,1-3H3/t17-,19-/m0/s1. The number of morpholine rings is 1. The first-order valence-electron chi connectivity index (χ1n) is 10.6. The third-order valence-electron chi connectivity index (χ3n) is 5.89. The summed E-state index contributed by atoms with van der Waals surface area (Å²) in [5, 5.41) is 4.35. The molecule has 2 atom stereocenters. The molecule has 4 heterocycles. The Kier molecular flexibility index (Phi) is 6.01. The van der Waals surface area contributed by atoms with Crippen LogP contribution in [0.25, 0.3) is 0 Å². The molecule has 158 valence electrons. The van der Waals surface area contributed by atoms with Gasteiger partial charge in [-0.15, -0.1) is 0 Å². The first kappa shape index (κ1) is 20.1. The Bertz CT molecular complexity index is 824. The molecule has 0 saturated carbocycles. The normalized spacial score (nSPS) is 23.7. The Morgan fingerprint density at radius 3 is 2.72 bits per heavy atom. The monoisotopic (exact) mass is 401 g/mol. The molecule has 0 N–H and O–H groups in total. The van der Waals surface area contributed by atoms with E-state index in [0.29, 0.717) is 24.6 Å². The molecule has 0 aromatic carbocycles. The van der Waals surface area contributed by atoms with Crippen LogP contribution < -0.4 is 0 Å². The van der Waals surface area contributed by atoms with Gasteiger partial charge in [0.05, 0.1) is 24.9 Å². The smallest absolute Gasteiger partial charge is 0.276 e. The fourth-order valence-corrected chi connectivity index (χ4v) is 4.46. The van der Waals surface area contributed by atoms with E-state index in [0.717, 1.165) is 25.2 Å². The summed E-state index contributed by atoms with van der Waals surface area (Å²) < 4.78 is 13.5. The maximum Gasteiger partial charge on any atom is 0.276 e. The van der Waals surface area contributed by atoms with Crippen molar-refractivity contribution in [3.8, 4) is 0 Å². The van der Waals surface area contributed by atoms with E-state index in [4.69, 9.17) is 9.15 Å². The number of aromatic nitrogens is 3. The molecule has 2 saturated heterocycles. The fraction of sp³-hybridized carbons (Fsp3) is 0.667. The zero-order valence-corrected chi connectivity index (χ0v) is 17.6. The number of amides is 1. The number of carbonyl (C=O) groups excluding carboxylic acids is 1. The molecule has 29 heavy (non-hydrogen) atoms. The molecule has 0 spiro atoms. The van der Waals surface area contributed by atoms with E-state index in [1.54, 1.807) is 4.68 Å². The Morgan fingerprint density at radius 2 is 2.03 bits per heavy atom. The molecule has 2 aromatic heterocycles. The number of nitrogens with zero attached hydrogens (tertiary/aromatic N) is 5. The van der Waals surface area contributed by atoms with Gasteiger partial charge in [0, 0.05) is 37.8 Å². The van der Waals surface area contributed by atoms with Gasteiger partial charge >= 0.3 is 0 Å². The van der Waals surface area contributed by atoms with Gasteiger partial charge in [0.1, 0.15) is 5.76 Å². The molecule has 8 nitrogen and oxygen atoms in total. The van der Waals surface area contributed by atoms with Crippen LogP contribution in [0.4, 0.5) is 0 Å². The lowest BCUT2D eigenvalue weighted by molar-refractivity contribution is -0.0743. The number of hydrogen-bond donors (Lipinski definition) is 0. The van der Waals surface area contributed by atoms with Crippen LogP contribution in [-0.2, 0) is 11.8 Å².